The van der Waals surface area contributed by atoms with E-state index in [1.165, 1.54) is 12.4 Å². The maximum absolute atomic E-state index is 12.5. The summed E-state index contributed by atoms with van der Waals surface area (Å²) in [4.78, 5) is 31.9. The van der Waals surface area contributed by atoms with Gasteiger partial charge in [-0.3, -0.25) is 14.3 Å². The molecule has 1 aliphatic heterocycles. The van der Waals surface area contributed by atoms with Crippen molar-refractivity contribution in [1.29, 1.82) is 0 Å². The average molecular weight is 303 g/mol. The minimum Gasteiger partial charge on any atom is -0.508 e. The topological polar surface area (TPSA) is 104 Å². The molecule has 8 nitrogen and oxygen atoms in total. The van der Waals surface area contributed by atoms with Crippen LogP contribution in [0.2, 0.25) is 0 Å². The predicted molar refractivity (Wildman–Crippen MR) is 77.4 cm³/mol. The first-order chi connectivity index (χ1) is 10.6. The first-order valence-electron chi connectivity index (χ1n) is 7.17. The summed E-state index contributed by atoms with van der Waals surface area (Å²) in [5, 5.41) is 13.5. The van der Waals surface area contributed by atoms with Gasteiger partial charge in [-0.2, -0.15) is 5.10 Å². The Kier molecular flexibility index (Phi) is 3.90. The SMILES string of the molecule is O=C(c1cc(O)cc(=O)[nH]1)N1CCCC(Cn2cncn2)C1. The standard InChI is InChI=1S/C14H17N5O3/c20-11-4-12(17-13(21)5-11)14(22)18-3-1-2-10(6-18)7-19-9-15-8-16-19/h4-5,8-10H,1-3,6-7H2,(H2,17,20,21). The molecule has 2 aromatic rings. The summed E-state index contributed by atoms with van der Waals surface area (Å²) >= 11 is 0. The van der Waals surface area contributed by atoms with Crippen molar-refractivity contribution in [2.75, 3.05) is 13.1 Å². The van der Waals surface area contributed by atoms with Crippen LogP contribution in [0.3, 0.4) is 0 Å². The Morgan fingerprint density at radius 1 is 1.45 bits per heavy atom. The summed E-state index contributed by atoms with van der Waals surface area (Å²) in [6.45, 7) is 1.95. The van der Waals surface area contributed by atoms with Gasteiger partial charge in [-0.15, -0.1) is 0 Å². The van der Waals surface area contributed by atoms with Crippen LogP contribution in [0.25, 0.3) is 0 Å². The van der Waals surface area contributed by atoms with Crippen LogP contribution in [-0.4, -0.2) is 48.8 Å². The molecule has 1 amide bonds. The molecule has 22 heavy (non-hydrogen) atoms. The number of aromatic nitrogens is 4. The Balaban J connectivity index is 1.71. The van der Waals surface area contributed by atoms with E-state index in [-0.39, 0.29) is 17.4 Å². The zero-order valence-corrected chi connectivity index (χ0v) is 12.0. The average Bonchev–Trinajstić information content (AvgIpc) is 2.98. The molecule has 0 radical (unpaired) electrons. The number of likely N-dealkylation sites (tertiary alicyclic amines) is 1. The van der Waals surface area contributed by atoms with E-state index < -0.39 is 5.56 Å². The summed E-state index contributed by atoms with van der Waals surface area (Å²) < 4.78 is 1.76. The molecule has 116 valence electrons. The van der Waals surface area contributed by atoms with E-state index >= 15 is 0 Å². The normalized spacial score (nSPS) is 18.4. The first-order valence-corrected chi connectivity index (χ1v) is 7.17. The molecular formula is C14H17N5O3. The van der Waals surface area contributed by atoms with Crippen molar-refractivity contribution < 1.29 is 9.90 Å². The highest BCUT2D eigenvalue weighted by Gasteiger charge is 2.25. The molecule has 1 fully saturated rings. The summed E-state index contributed by atoms with van der Waals surface area (Å²) in [7, 11) is 0. The number of nitrogens with one attached hydrogen (secondary N) is 1. The lowest BCUT2D eigenvalue weighted by molar-refractivity contribution is 0.0653. The Labute approximate surface area is 126 Å². The number of nitrogens with zero attached hydrogens (tertiary/aromatic N) is 4. The maximum atomic E-state index is 12.5. The molecule has 1 unspecified atom stereocenters. The van der Waals surface area contributed by atoms with Crippen LogP contribution >= 0.6 is 0 Å². The number of carbonyl (C=O) groups excluding carboxylic acids is 1. The first kappa shape index (κ1) is 14.3. The van der Waals surface area contributed by atoms with Gasteiger partial charge in [0.2, 0.25) is 0 Å². The van der Waals surface area contributed by atoms with Crippen molar-refractivity contribution in [2.24, 2.45) is 5.92 Å². The fourth-order valence-electron chi connectivity index (χ4n) is 2.80. The lowest BCUT2D eigenvalue weighted by atomic mass is 9.98. The van der Waals surface area contributed by atoms with Gasteiger partial charge in [0.1, 0.15) is 24.1 Å². The maximum Gasteiger partial charge on any atom is 0.270 e. The minimum absolute atomic E-state index is 0.117. The van der Waals surface area contributed by atoms with Gasteiger partial charge in [0.25, 0.3) is 11.5 Å². The molecule has 1 aliphatic rings. The Hall–Kier alpha value is -2.64. The molecule has 0 aliphatic carbocycles. The molecule has 3 rings (SSSR count). The third-order valence-electron chi connectivity index (χ3n) is 3.78. The molecular weight excluding hydrogens is 286 g/mol. The van der Waals surface area contributed by atoms with Gasteiger partial charge >= 0.3 is 0 Å². The molecule has 1 atom stereocenters. The third kappa shape index (κ3) is 3.16. The molecule has 3 heterocycles. The highest BCUT2D eigenvalue weighted by molar-refractivity contribution is 5.92. The fraction of sp³-hybridized carbons (Fsp3) is 0.429. The Bertz CT molecular complexity index is 710. The zero-order chi connectivity index (χ0) is 15.5. The number of rotatable bonds is 3. The van der Waals surface area contributed by atoms with Crippen LogP contribution in [0.4, 0.5) is 0 Å². The second kappa shape index (κ2) is 6.00. The zero-order valence-electron chi connectivity index (χ0n) is 12.0. The van der Waals surface area contributed by atoms with Crippen LogP contribution in [-0.2, 0) is 6.54 Å². The lowest BCUT2D eigenvalue weighted by Crippen LogP contribution is -2.41. The monoisotopic (exact) mass is 303 g/mol. The molecule has 0 spiro atoms. The van der Waals surface area contributed by atoms with Crippen LogP contribution in [0.1, 0.15) is 23.3 Å². The van der Waals surface area contributed by atoms with E-state index in [1.54, 1.807) is 15.9 Å². The van der Waals surface area contributed by atoms with Gasteiger partial charge in [0, 0.05) is 31.8 Å². The summed E-state index contributed by atoms with van der Waals surface area (Å²) in [6.07, 6.45) is 5.06. The van der Waals surface area contributed by atoms with E-state index in [4.69, 9.17) is 0 Å². The summed E-state index contributed by atoms with van der Waals surface area (Å²) in [6, 6.07) is 2.32. The Morgan fingerprint density at radius 3 is 3.05 bits per heavy atom. The van der Waals surface area contributed by atoms with Gasteiger partial charge in [0.05, 0.1) is 0 Å². The highest BCUT2D eigenvalue weighted by atomic mass is 16.3. The molecule has 0 saturated carbocycles. The van der Waals surface area contributed by atoms with Crippen molar-refractivity contribution in [3.8, 4) is 5.75 Å². The van der Waals surface area contributed by atoms with Crippen LogP contribution in [0.15, 0.2) is 29.6 Å². The lowest BCUT2D eigenvalue weighted by Gasteiger charge is -2.32. The second-order valence-corrected chi connectivity index (χ2v) is 5.49. The number of piperidine rings is 1. The van der Waals surface area contributed by atoms with Crippen molar-refractivity contribution in [2.45, 2.75) is 19.4 Å². The van der Waals surface area contributed by atoms with Crippen molar-refractivity contribution in [1.82, 2.24) is 24.6 Å². The van der Waals surface area contributed by atoms with Gasteiger partial charge in [-0.1, -0.05) is 0 Å². The smallest absolute Gasteiger partial charge is 0.270 e. The summed E-state index contributed by atoms with van der Waals surface area (Å²) in [5.74, 6) is -0.178. The molecule has 0 aromatic carbocycles. The van der Waals surface area contributed by atoms with E-state index in [9.17, 15) is 14.7 Å². The van der Waals surface area contributed by atoms with Gasteiger partial charge in [0.15, 0.2) is 0 Å². The predicted octanol–water partition coefficient (Wildman–Crippen LogP) is 0.224. The van der Waals surface area contributed by atoms with Crippen molar-refractivity contribution in [3.05, 3.63) is 40.8 Å². The van der Waals surface area contributed by atoms with E-state index in [1.807, 2.05) is 0 Å². The van der Waals surface area contributed by atoms with Crippen molar-refractivity contribution >= 4 is 5.91 Å². The highest BCUT2D eigenvalue weighted by Crippen LogP contribution is 2.20. The quantitative estimate of drug-likeness (QED) is 0.844. The molecule has 1 saturated heterocycles. The van der Waals surface area contributed by atoms with Crippen LogP contribution < -0.4 is 5.56 Å². The number of hydrogen-bond acceptors (Lipinski definition) is 5. The minimum atomic E-state index is -0.487. The van der Waals surface area contributed by atoms with Gasteiger partial charge in [-0.05, 0) is 18.8 Å². The van der Waals surface area contributed by atoms with Gasteiger partial charge in [-0.25, -0.2) is 4.98 Å². The van der Waals surface area contributed by atoms with Gasteiger partial charge < -0.3 is 15.0 Å². The second-order valence-electron chi connectivity index (χ2n) is 5.49. The number of H-pyrrole nitrogens is 1. The summed E-state index contributed by atoms with van der Waals surface area (Å²) in [5.41, 5.74) is -0.370. The molecule has 2 N–H and O–H groups in total. The number of aromatic hydroxyl groups is 1. The van der Waals surface area contributed by atoms with Crippen LogP contribution in [0.5, 0.6) is 5.75 Å². The number of hydrogen-bond donors (Lipinski definition) is 2. The number of pyridine rings is 1. The van der Waals surface area contributed by atoms with E-state index in [0.29, 0.717) is 25.6 Å². The largest absolute Gasteiger partial charge is 0.508 e. The molecule has 0 bridgehead atoms. The van der Waals surface area contributed by atoms with Crippen LogP contribution in [0, 0.1) is 5.92 Å². The van der Waals surface area contributed by atoms with E-state index in [2.05, 4.69) is 15.1 Å². The fourth-order valence-corrected chi connectivity index (χ4v) is 2.80. The van der Waals surface area contributed by atoms with Crippen molar-refractivity contribution in [3.63, 3.8) is 0 Å². The number of carbonyl (C=O) groups is 1. The molecule has 2 aromatic heterocycles. The molecule has 8 heteroatoms. The Morgan fingerprint density at radius 2 is 2.32 bits per heavy atom. The number of amides is 1. The number of aromatic amines is 1. The van der Waals surface area contributed by atoms with E-state index in [0.717, 1.165) is 18.9 Å². The third-order valence-corrected chi connectivity index (χ3v) is 3.78.